The van der Waals surface area contributed by atoms with Crippen molar-refractivity contribution >= 4 is 34.8 Å². The molecule has 0 fully saturated rings. The Morgan fingerprint density at radius 1 is 1.32 bits per heavy atom. The van der Waals surface area contributed by atoms with Gasteiger partial charge in [-0.05, 0) is 42.8 Å². The molecule has 3 rings (SSSR count). The van der Waals surface area contributed by atoms with E-state index < -0.39 is 0 Å². The molecule has 2 aromatic carbocycles. The van der Waals surface area contributed by atoms with Crippen molar-refractivity contribution in [3.05, 3.63) is 47.0 Å². The second-order valence-electron chi connectivity index (χ2n) is 5.63. The topological polar surface area (TPSA) is 67.9 Å². The summed E-state index contributed by atoms with van der Waals surface area (Å²) in [5.74, 6) is 0.440. The Balaban J connectivity index is 1.81. The van der Waals surface area contributed by atoms with Gasteiger partial charge in [0.05, 0.1) is 18.5 Å². The van der Waals surface area contributed by atoms with Gasteiger partial charge in [0.15, 0.2) is 6.61 Å². The molecule has 25 heavy (non-hydrogen) atoms. The minimum atomic E-state index is -0.358. The average molecular weight is 361 g/mol. The first-order valence-electron chi connectivity index (χ1n) is 7.65. The lowest BCUT2D eigenvalue weighted by atomic mass is 10.1. The first-order chi connectivity index (χ1) is 12.0. The fourth-order valence-corrected chi connectivity index (χ4v) is 2.77. The zero-order valence-corrected chi connectivity index (χ0v) is 14.6. The van der Waals surface area contributed by atoms with Crippen LogP contribution in [0.3, 0.4) is 0 Å². The molecule has 0 unspecified atom stereocenters. The number of methoxy groups -OCH3 is 1. The highest BCUT2D eigenvalue weighted by Crippen LogP contribution is 2.33. The summed E-state index contributed by atoms with van der Waals surface area (Å²) in [4.78, 5) is 26.1. The van der Waals surface area contributed by atoms with Crippen LogP contribution in [-0.4, -0.2) is 32.1 Å². The van der Waals surface area contributed by atoms with Gasteiger partial charge in [-0.15, -0.1) is 0 Å². The van der Waals surface area contributed by atoms with E-state index in [0.717, 1.165) is 5.56 Å². The van der Waals surface area contributed by atoms with Crippen LogP contribution >= 0.6 is 11.6 Å². The predicted molar refractivity (Wildman–Crippen MR) is 95.7 cm³/mol. The van der Waals surface area contributed by atoms with E-state index in [2.05, 4.69) is 5.32 Å². The molecule has 0 saturated carbocycles. The van der Waals surface area contributed by atoms with E-state index in [1.54, 1.807) is 24.3 Å². The number of rotatable bonds is 4. The van der Waals surface area contributed by atoms with Gasteiger partial charge in [-0.3, -0.25) is 14.5 Å². The number of nitrogens with zero attached hydrogens (tertiary/aromatic N) is 1. The SMILES string of the molecule is COc1ccc(Cl)cc1NC(=O)CN1C(=O)COc2ccc(C)cc21. The third-order valence-electron chi connectivity index (χ3n) is 3.79. The monoisotopic (exact) mass is 360 g/mol. The largest absolute Gasteiger partial charge is 0.495 e. The quantitative estimate of drug-likeness (QED) is 0.910. The maximum atomic E-state index is 12.5. The van der Waals surface area contributed by atoms with Crippen LogP contribution in [0.2, 0.25) is 5.02 Å². The van der Waals surface area contributed by atoms with Crippen LogP contribution in [0.5, 0.6) is 11.5 Å². The first kappa shape index (κ1) is 17.1. The van der Waals surface area contributed by atoms with Gasteiger partial charge in [0, 0.05) is 5.02 Å². The summed E-state index contributed by atoms with van der Waals surface area (Å²) < 4.78 is 10.6. The van der Waals surface area contributed by atoms with Crippen molar-refractivity contribution in [2.75, 3.05) is 30.5 Å². The van der Waals surface area contributed by atoms with Crippen molar-refractivity contribution < 1.29 is 19.1 Å². The molecule has 1 N–H and O–H groups in total. The van der Waals surface area contributed by atoms with Crippen molar-refractivity contribution in [1.29, 1.82) is 0 Å². The van der Waals surface area contributed by atoms with Gasteiger partial charge in [0.2, 0.25) is 5.91 Å². The number of anilines is 2. The molecule has 1 aliphatic heterocycles. The Morgan fingerprint density at radius 3 is 2.88 bits per heavy atom. The Labute approximate surface area is 150 Å². The van der Waals surface area contributed by atoms with Crippen molar-refractivity contribution in [3.8, 4) is 11.5 Å². The summed E-state index contributed by atoms with van der Waals surface area (Å²) in [6.07, 6.45) is 0. The number of nitrogens with one attached hydrogen (secondary N) is 1. The van der Waals surface area contributed by atoms with Crippen molar-refractivity contribution in [3.63, 3.8) is 0 Å². The van der Waals surface area contributed by atoms with Crippen LogP contribution in [0.25, 0.3) is 0 Å². The summed E-state index contributed by atoms with van der Waals surface area (Å²) in [6.45, 7) is 1.69. The van der Waals surface area contributed by atoms with Crippen molar-refractivity contribution in [2.45, 2.75) is 6.92 Å². The molecule has 0 radical (unpaired) electrons. The van der Waals surface area contributed by atoms with Gasteiger partial charge < -0.3 is 14.8 Å². The number of aryl methyl sites for hydroxylation is 1. The zero-order chi connectivity index (χ0) is 18.0. The summed E-state index contributed by atoms with van der Waals surface area (Å²) in [5, 5.41) is 3.20. The highest BCUT2D eigenvalue weighted by molar-refractivity contribution is 6.31. The molecule has 0 aliphatic carbocycles. The van der Waals surface area contributed by atoms with Gasteiger partial charge in [0.1, 0.15) is 18.0 Å². The molecule has 7 heteroatoms. The summed E-state index contributed by atoms with van der Waals surface area (Å²) in [5.41, 5.74) is 2.01. The van der Waals surface area contributed by atoms with Crippen LogP contribution < -0.4 is 19.7 Å². The number of hydrogen-bond donors (Lipinski definition) is 1. The molecule has 1 heterocycles. The lowest BCUT2D eigenvalue weighted by molar-refractivity contribution is -0.123. The number of hydrogen-bond acceptors (Lipinski definition) is 4. The molecular formula is C18H17ClN2O4. The second-order valence-corrected chi connectivity index (χ2v) is 6.07. The molecule has 0 bridgehead atoms. The molecule has 1 aliphatic rings. The molecule has 0 spiro atoms. The van der Waals surface area contributed by atoms with E-state index in [1.165, 1.54) is 12.0 Å². The van der Waals surface area contributed by atoms with Crippen LogP contribution in [0.1, 0.15) is 5.56 Å². The number of carbonyl (C=O) groups is 2. The Bertz CT molecular complexity index is 838. The molecule has 130 valence electrons. The van der Waals surface area contributed by atoms with E-state index in [1.807, 2.05) is 19.1 Å². The van der Waals surface area contributed by atoms with E-state index in [9.17, 15) is 9.59 Å². The fourth-order valence-electron chi connectivity index (χ4n) is 2.60. The van der Waals surface area contributed by atoms with Crippen molar-refractivity contribution in [1.82, 2.24) is 0 Å². The summed E-state index contributed by atoms with van der Waals surface area (Å²) in [7, 11) is 1.50. The minimum Gasteiger partial charge on any atom is -0.495 e. The normalized spacial score (nSPS) is 13.1. The molecule has 0 atom stereocenters. The number of ether oxygens (including phenoxy) is 2. The lowest BCUT2D eigenvalue weighted by Crippen LogP contribution is -2.43. The number of amides is 2. The highest BCUT2D eigenvalue weighted by Gasteiger charge is 2.27. The van der Waals surface area contributed by atoms with E-state index in [-0.39, 0.29) is 25.0 Å². The van der Waals surface area contributed by atoms with Gasteiger partial charge in [-0.2, -0.15) is 0 Å². The smallest absolute Gasteiger partial charge is 0.265 e. The van der Waals surface area contributed by atoms with Gasteiger partial charge in [-0.1, -0.05) is 17.7 Å². The highest BCUT2D eigenvalue weighted by atomic mass is 35.5. The predicted octanol–water partition coefficient (Wildman–Crippen LogP) is 3.02. The number of fused-ring (bicyclic) bond motifs is 1. The Hall–Kier alpha value is -2.73. The first-order valence-corrected chi connectivity index (χ1v) is 8.03. The van der Waals surface area contributed by atoms with E-state index in [4.69, 9.17) is 21.1 Å². The van der Waals surface area contributed by atoms with E-state index >= 15 is 0 Å². The van der Waals surface area contributed by atoms with Gasteiger partial charge >= 0.3 is 0 Å². The van der Waals surface area contributed by atoms with Crippen LogP contribution in [-0.2, 0) is 9.59 Å². The maximum absolute atomic E-state index is 12.5. The zero-order valence-electron chi connectivity index (χ0n) is 13.8. The fraction of sp³-hybridized carbons (Fsp3) is 0.222. The number of benzene rings is 2. The van der Waals surface area contributed by atoms with Crippen LogP contribution in [0, 0.1) is 6.92 Å². The lowest BCUT2D eigenvalue weighted by Gasteiger charge is -2.29. The minimum absolute atomic E-state index is 0.0934. The molecule has 6 nitrogen and oxygen atoms in total. The molecule has 2 aromatic rings. The maximum Gasteiger partial charge on any atom is 0.265 e. The third-order valence-corrected chi connectivity index (χ3v) is 4.03. The molecular weight excluding hydrogens is 344 g/mol. The third kappa shape index (κ3) is 3.69. The van der Waals surface area contributed by atoms with Crippen molar-refractivity contribution in [2.24, 2.45) is 0 Å². The number of halogens is 1. The Morgan fingerprint density at radius 2 is 2.12 bits per heavy atom. The van der Waals surface area contributed by atoms with Crippen LogP contribution in [0.15, 0.2) is 36.4 Å². The Kier molecular flexibility index (Phi) is 4.81. The standard InChI is InChI=1S/C18H17ClN2O4/c1-11-3-5-16-14(7-11)21(18(23)10-25-16)9-17(22)20-13-8-12(19)4-6-15(13)24-2/h3-8H,9-10H2,1-2H3,(H,20,22). The summed E-state index contributed by atoms with van der Waals surface area (Å²) in [6, 6.07) is 10.4. The van der Waals surface area contributed by atoms with Gasteiger partial charge in [0.25, 0.3) is 5.91 Å². The molecule has 0 aromatic heterocycles. The average Bonchev–Trinajstić information content (AvgIpc) is 2.58. The number of carbonyl (C=O) groups excluding carboxylic acids is 2. The summed E-state index contributed by atoms with van der Waals surface area (Å²) >= 11 is 5.97. The van der Waals surface area contributed by atoms with E-state index in [0.29, 0.717) is 27.9 Å². The molecule has 2 amide bonds. The second kappa shape index (κ2) is 7.03. The van der Waals surface area contributed by atoms with Gasteiger partial charge in [-0.25, -0.2) is 0 Å². The van der Waals surface area contributed by atoms with Crippen LogP contribution in [0.4, 0.5) is 11.4 Å². The molecule has 0 saturated heterocycles.